The van der Waals surface area contributed by atoms with Gasteiger partial charge in [-0.15, -0.1) is 0 Å². The van der Waals surface area contributed by atoms with Crippen LogP contribution in [0.2, 0.25) is 0 Å². The quantitative estimate of drug-likeness (QED) is 0.163. The lowest BCUT2D eigenvalue weighted by atomic mass is 9.95. The van der Waals surface area contributed by atoms with Crippen LogP contribution >= 0.6 is 0 Å². The second-order valence-corrected chi connectivity index (χ2v) is 15.9. The Morgan fingerprint density at radius 3 is 1.79 bits per heavy atom. The van der Waals surface area contributed by atoms with Crippen molar-refractivity contribution in [3.8, 4) is 51.0 Å². The van der Waals surface area contributed by atoms with Crippen LogP contribution in [0.4, 0.5) is 0 Å². The number of fused-ring (bicyclic) bond motifs is 10. The van der Waals surface area contributed by atoms with Gasteiger partial charge in [0.05, 0.1) is 11.0 Å². The van der Waals surface area contributed by atoms with Gasteiger partial charge in [-0.2, -0.15) is 0 Å². The summed E-state index contributed by atoms with van der Waals surface area (Å²) < 4.78 is 9.15. The molecular weight excluding hydrogens is 757 g/mol. The van der Waals surface area contributed by atoms with Crippen molar-refractivity contribution >= 4 is 76.1 Å². The van der Waals surface area contributed by atoms with Gasteiger partial charge in [0.25, 0.3) is 0 Å². The smallest absolute Gasteiger partial charge is 0.164 e. The molecule has 0 bridgehead atoms. The molecule has 0 aliphatic carbocycles. The third-order valence-electron chi connectivity index (χ3n) is 12.4. The molecule has 10 aromatic carbocycles. The molecule has 0 saturated heterocycles. The topological polar surface area (TPSA) is 56.7 Å². The van der Waals surface area contributed by atoms with Crippen molar-refractivity contribution in [3.63, 3.8) is 0 Å². The van der Waals surface area contributed by atoms with Crippen LogP contribution in [-0.2, 0) is 0 Å². The number of aromatic nitrogens is 4. The third-order valence-corrected chi connectivity index (χ3v) is 12.4. The molecule has 5 heteroatoms. The van der Waals surface area contributed by atoms with Crippen molar-refractivity contribution in [1.29, 1.82) is 0 Å². The van der Waals surface area contributed by atoms with E-state index in [1.165, 1.54) is 26.9 Å². The molecule has 62 heavy (non-hydrogen) atoms. The van der Waals surface area contributed by atoms with E-state index < -0.39 is 0 Å². The Morgan fingerprint density at radius 2 is 0.952 bits per heavy atom. The maximum atomic E-state index is 6.76. The van der Waals surface area contributed by atoms with E-state index in [1.54, 1.807) is 0 Å². The maximum Gasteiger partial charge on any atom is 0.164 e. The summed E-state index contributed by atoms with van der Waals surface area (Å²) in [6.07, 6.45) is 0. The van der Waals surface area contributed by atoms with Gasteiger partial charge in [0.15, 0.2) is 17.5 Å². The first-order valence-electron chi connectivity index (χ1n) is 20.9. The molecule has 3 aromatic heterocycles. The molecule has 13 rings (SSSR count). The predicted octanol–water partition coefficient (Wildman–Crippen LogP) is 15.0. The number of hydrogen-bond acceptors (Lipinski definition) is 4. The van der Waals surface area contributed by atoms with Crippen LogP contribution in [0, 0.1) is 0 Å². The Kier molecular flexibility index (Phi) is 7.54. The number of rotatable bonds is 5. The largest absolute Gasteiger partial charge is 0.455 e. The Hall–Kier alpha value is -8.41. The van der Waals surface area contributed by atoms with Crippen LogP contribution in [0.1, 0.15) is 0 Å². The molecule has 0 spiro atoms. The van der Waals surface area contributed by atoms with Gasteiger partial charge in [-0.25, -0.2) is 15.0 Å². The fourth-order valence-electron chi connectivity index (χ4n) is 9.55. The van der Waals surface area contributed by atoms with Crippen LogP contribution in [0.3, 0.4) is 0 Å². The van der Waals surface area contributed by atoms with Crippen LogP contribution in [-0.4, -0.2) is 19.5 Å². The van der Waals surface area contributed by atoms with Crippen LogP contribution in [0.25, 0.3) is 127 Å². The van der Waals surface area contributed by atoms with Crippen molar-refractivity contribution in [3.05, 3.63) is 206 Å². The van der Waals surface area contributed by atoms with E-state index in [2.05, 4.69) is 180 Å². The zero-order valence-corrected chi connectivity index (χ0v) is 33.3. The van der Waals surface area contributed by atoms with E-state index in [0.29, 0.717) is 17.5 Å². The summed E-state index contributed by atoms with van der Waals surface area (Å²) in [6, 6.07) is 72.7. The molecule has 3 heterocycles. The number of benzene rings is 10. The predicted molar refractivity (Wildman–Crippen MR) is 256 cm³/mol. The molecule has 288 valence electrons. The minimum absolute atomic E-state index is 0.578. The Balaban J connectivity index is 1.12. The standard InChI is InChI=1S/C57H34N4O/c1-2-15-35(16-3-1)55-58-56(60-57(59-55)50-32-38-19-6-7-20-40(38)41-21-8-9-22-42(41)50)47-30-29-39(34-48(47)46-26-14-25-45-44-24-11-13-28-53(44)62-54(45)46)61-51-27-12-10-23-43(51)49-31-36-17-4-5-18-37(36)33-52(49)61/h1-34H. The SMILES string of the molecule is c1ccc(-c2nc(-c3ccc(-n4c5ccccc5c5cc6ccccc6cc54)cc3-c3cccc4c3oc3ccccc34)nc(-c3cc4ccccc4c4ccccc34)n2)cc1. The Labute approximate surface area is 355 Å². The van der Waals surface area contributed by atoms with Gasteiger partial charge in [0, 0.05) is 49.5 Å². The molecule has 0 saturated carbocycles. The van der Waals surface area contributed by atoms with Crippen molar-refractivity contribution in [2.24, 2.45) is 0 Å². The van der Waals surface area contributed by atoms with E-state index in [4.69, 9.17) is 19.4 Å². The highest BCUT2D eigenvalue weighted by atomic mass is 16.3. The summed E-state index contributed by atoms with van der Waals surface area (Å²) in [7, 11) is 0. The van der Waals surface area contributed by atoms with Gasteiger partial charge in [-0.1, -0.05) is 158 Å². The lowest BCUT2D eigenvalue weighted by Gasteiger charge is -2.16. The molecule has 0 atom stereocenters. The van der Waals surface area contributed by atoms with Crippen molar-refractivity contribution in [1.82, 2.24) is 19.5 Å². The van der Waals surface area contributed by atoms with Crippen molar-refractivity contribution in [2.75, 3.05) is 0 Å². The Morgan fingerprint density at radius 1 is 0.323 bits per heavy atom. The van der Waals surface area contributed by atoms with E-state index in [9.17, 15) is 0 Å². The molecule has 0 fully saturated rings. The molecule has 5 nitrogen and oxygen atoms in total. The highest BCUT2D eigenvalue weighted by Crippen LogP contribution is 2.43. The summed E-state index contributed by atoms with van der Waals surface area (Å²) in [5.74, 6) is 1.80. The molecule has 0 aliphatic heterocycles. The summed E-state index contributed by atoms with van der Waals surface area (Å²) >= 11 is 0. The van der Waals surface area contributed by atoms with Crippen LogP contribution in [0.15, 0.2) is 211 Å². The second kappa shape index (κ2) is 13.6. The highest BCUT2D eigenvalue weighted by molar-refractivity contribution is 6.15. The van der Waals surface area contributed by atoms with Gasteiger partial charge in [-0.3, -0.25) is 0 Å². The van der Waals surface area contributed by atoms with Gasteiger partial charge in [0.2, 0.25) is 0 Å². The summed E-state index contributed by atoms with van der Waals surface area (Å²) in [4.78, 5) is 16.0. The molecular formula is C57H34N4O. The first-order chi connectivity index (χ1) is 30.7. The molecule has 0 N–H and O–H groups in total. The van der Waals surface area contributed by atoms with Crippen molar-refractivity contribution < 1.29 is 4.42 Å². The summed E-state index contributed by atoms with van der Waals surface area (Å²) in [5, 5.41) is 11.5. The fourth-order valence-corrected chi connectivity index (χ4v) is 9.55. The van der Waals surface area contributed by atoms with Gasteiger partial charge >= 0.3 is 0 Å². The first-order valence-corrected chi connectivity index (χ1v) is 20.9. The number of hydrogen-bond donors (Lipinski definition) is 0. The average molecular weight is 791 g/mol. The lowest BCUT2D eigenvalue weighted by Crippen LogP contribution is -2.02. The highest BCUT2D eigenvalue weighted by Gasteiger charge is 2.22. The second-order valence-electron chi connectivity index (χ2n) is 15.9. The fraction of sp³-hybridized carbons (Fsp3) is 0. The number of para-hydroxylation sites is 3. The summed E-state index contributed by atoms with van der Waals surface area (Å²) in [5.41, 5.74) is 9.62. The van der Waals surface area contributed by atoms with Crippen molar-refractivity contribution in [2.45, 2.75) is 0 Å². The minimum atomic E-state index is 0.578. The van der Waals surface area contributed by atoms with E-state index >= 15 is 0 Å². The Bertz CT molecular complexity index is 3940. The van der Waals surface area contributed by atoms with Gasteiger partial charge < -0.3 is 8.98 Å². The minimum Gasteiger partial charge on any atom is -0.455 e. The first kappa shape index (κ1) is 34.5. The maximum absolute atomic E-state index is 6.76. The normalized spacial score (nSPS) is 11.9. The van der Waals surface area contributed by atoms with Gasteiger partial charge in [0.1, 0.15) is 11.2 Å². The van der Waals surface area contributed by atoms with Crippen LogP contribution < -0.4 is 0 Å². The molecule has 0 amide bonds. The molecule has 0 aliphatic rings. The number of nitrogens with zero attached hydrogens (tertiary/aromatic N) is 4. The summed E-state index contributed by atoms with van der Waals surface area (Å²) in [6.45, 7) is 0. The number of furan rings is 1. The molecule has 0 radical (unpaired) electrons. The zero-order valence-electron chi connectivity index (χ0n) is 33.3. The zero-order chi connectivity index (χ0) is 40.7. The van der Waals surface area contributed by atoms with E-state index in [1.807, 2.05) is 30.3 Å². The van der Waals surface area contributed by atoms with E-state index in [0.717, 1.165) is 82.6 Å². The molecule has 0 unspecified atom stereocenters. The average Bonchev–Trinajstić information content (AvgIpc) is 3.88. The van der Waals surface area contributed by atoms with Crippen LogP contribution in [0.5, 0.6) is 0 Å². The van der Waals surface area contributed by atoms with E-state index in [-0.39, 0.29) is 0 Å². The monoisotopic (exact) mass is 790 g/mol. The third kappa shape index (κ3) is 5.32. The molecule has 13 aromatic rings. The van der Waals surface area contributed by atoms with Gasteiger partial charge in [-0.05, 0) is 86.4 Å². The lowest BCUT2D eigenvalue weighted by molar-refractivity contribution is 0.670.